The van der Waals surface area contributed by atoms with Crippen LogP contribution >= 0.6 is 0 Å². The van der Waals surface area contributed by atoms with Gasteiger partial charge < -0.3 is 10.0 Å². The first-order valence-corrected chi connectivity index (χ1v) is 14.8. The molecular weight excluding hydrogens is 514 g/mol. The van der Waals surface area contributed by atoms with Crippen LogP contribution < -0.4 is 0 Å². The third-order valence-corrected chi connectivity index (χ3v) is 8.97. The average molecular weight is 552 g/mol. The topological polar surface area (TPSA) is 101 Å². The van der Waals surface area contributed by atoms with Gasteiger partial charge in [0.1, 0.15) is 5.52 Å². The lowest BCUT2D eigenvalue weighted by molar-refractivity contribution is -0.141. The second kappa shape index (κ2) is 11.4. The summed E-state index contributed by atoms with van der Waals surface area (Å²) in [5.41, 5.74) is 8.39. The molecule has 0 saturated heterocycles. The maximum Gasteiger partial charge on any atom is 0.307 e. The number of aromatic nitrogens is 4. The molecule has 0 saturated carbocycles. The van der Waals surface area contributed by atoms with Gasteiger partial charge in [-0.1, -0.05) is 61.7 Å². The fourth-order valence-corrected chi connectivity index (χ4v) is 6.45. The van der Waals surface area contributed by atoms with Crippen molar-refractivity contribution in [2.45, 2.75) is 77.8 Å². The molecule has 2 aromatic carbocycles. The molecule has 212 valence electrons. The van der Waals surface area contributed by atoms with E-state index in [4.69, 9.17) is 4.98 Å². The lowest BCUT2D eigenvalue weighted by Crippen LogP contribution is -2.36. The molecule has 9 rings (SSSR count). The van der Waals surface area contributed by atoms with E-state index in [9.17, 15) is 14.7 Å². The molecule has 2 aromatic heterocycles. The van der Waals surface area contributed by atoms with E-state index < -0.39 is 17.8 Å². The van der Waals surface area contributed by atoms with Gasteiger partial charge in [0.05, 0.1) is 5.92 Å². The van der Waals surface area contributed by atoms with Crippen molar-refractivity contribution in [3.63, 3.8) is 0 Å². The predicted octanol–water partition coefficient (Wildman–Crippen LogP) is 5.69. The summed E-state index contributed by atoms with van der Waals surface area (Å²) >= 11 is 0. The minimum absolute atomic E-state index is 0.0371. The average Bonchev–Trinajstić information content (AvgIpc) is 3.40. The van der Waals surface area contributed by atoms with Gasteiger partial charge in [-0.2, -0.15) is 0 Å². The Morgan fingerprint density at radius 3 is 2.56 bits per heavy atom. The maximum atomic E-state index is 13.5. The van der Waals surface area contributed by atoms with Gasteiger partial charge in [0, 0.05) is 37.3 Å². The molecule has 4 aromatic rings. The van der Waals surface area contributed by atoms with Gasteiger partial charge in [-0.25, -0.2) is 9.67 Å². The van der Waals surface area contributed by atoms with Crippen molar-refractivity contribution in [1.29, 1.82) is 0 Å². The van der Waals surface area contributed by atoms with Crippen LogP contribution in [0.1, 0.15) is 88.7 Å². The minimum Gasteiger partial charge on any atom is -0.481 e. The molecule has 0 unspecified atom stereocenters. The molecule has 1 amide bonds. The van der Waals surface area contributed by atoms with E-state index in [1.165, 1.54) is 11.1 Å². The number of carboxylic acids is 1. The monoisotopic (exact) mass is 551 g/mol. The molecule has 5 aliphatic rings. The first-order valence-electron chi connectivity index (χ1n) is 14.8. The Kier molecular flexibility index (Phi) is 7.56. The molecule has 0 fully saturated rings. The number of rotatable bonds is 2. The van der Waals surface area contributed by atoms with Crippen LogP contribution in [0.4, 0.5) is 0 Å². The molecule has 0 spiro atoms. The number of carbonyl (C=O) groups is 2. The summed E-state index contributed by atoms with van der Waals surface area (Å²) in [4.78, 5) is 32.5. The van der Waals surface area contributed by atoms with E-state index in [1.807, 2.05) is 40.9 Å². The summed E-state index contributed by atoms with van der Waals surface area (Å²) in [5.74, 6) is -1.93. The van der Waals surface area contributed by atoms with Crippen molar-refractivity contribution < 1.29 is 14.7 Å². The number of carboxylic acid groups (broad SMARTS) is 1. The fraction of sp³-hybridized carbons (Fsp3) is 0.424. The number of pyridine rings is 1. The highest BCUT2D eigenvalue weighted by Gasteiger charge is 2.31. The Morgan fingerprint density at radius 2 is 1.76 bits per heavy atom. The van der Waals surface area contributed by atoms with Crippen LogP contribution in [-0.4, -0.2) is 48.4 Å². The summed E-state index contributed by atoms with van der Waals surface area (Å²) in [6, 6.07) is 14.3. The maximum absolute atomic E-state index is 13.5. The first-order chi connectivity index (χ1) is 19.9. The Labute approximate surface area is 240 Å². The number of amides is 1. The van der Waals surface area contributed by atoms with Crippen molar-refractivity contribution in [3.8, 4) is 0 Å². The zero-order valence-corrected chi connectivity index (χ0v) is 23.8. The highest BCUT2D eigenvalue weighted by Crippen LogP contribution is 2.37. The van der Waals surface area contributed by atoms with Gasteiger partial charge in [0.2, 0.25) is 0 Å². The van der Waals surface area contributed by atoms with E-state index >= 15 is 0 Å². The van der Waals surface area contributed by atoms with Gasteiger partial charge >= 0.3 is 5.97 Å². The molecule has 41 heavy (non-hydrogen) atoms. The number of hydrogen-bond donors (Lipinski definition) is 1. The Hall–Kier alpha value is -4.07. The zero-order chi connectivity index (χ0) is 28.5. The molecular formula is C33H37N5O3. The first kappa shape index (κ1) is 27.1. The third kappa shape index (κ3) is 5.35. The van der Waals surface area contributed by atoms with Crippen molar-refractivity contribution in [3.05, 3.63) is 87.6 Å². The number of hydrogen-bond acceptors (Lipinski definition) is 5. The molecule has 0 aliphatic carbocycles. The molecule has 0 radical (unpaired) electrons. The molecule has 2 atom stereocenters. The minimum atomic E-state index is -0.867. The van der Waals surface area contributed by atoms with Crippen LogP contribution in [-0.2, 0) is 30.7 Å². The third-order valence-electron chi connectivity index (χ3n) is 8.97. The fourth-order valence-electron chi connectivity index (χ4n) is 6.45. The van der Waals surface area contributed by atoms with E-state index in [0.717, 1.165) is 84.9 Å². The lowest BCUT2D eigenvalue weighted by Gasteiger charge is -2.31. The predicted molar refractivity (Wildman–Crippen MR) is 157 cm³/mol. The molecule has 1 N–H and O–H groups in total. The van der Waals surface area contributed by atoms with E-state index in [2.05, 4.69) is 34.6 Å². The summed E-state index contributed by atoms with van der Waals surface area (Å²) in [5, 5.41) is 19.0. The van der Waals surface area contributed by atoms with E-state index in [-0.39, 0.29) is 5.91 Å². The number of aryl methyl sites for hydroxylation is 3. The summed E-state index contributed by atoms with van der Waals surface area (Å²) in [7, 11) is 0. The highest BCUT2D eigenvalue weighted by molar-refractivity contribution is 5.94. The smallest absolute Gasteiger partial charge is 0.307 e. The molecule has 5 aliphatic heterocycles. The number of aliphatic carboxylic acids is 1. The van der Waals surface area contributed by atoms with Crippen LogP contribution in [0.5, 0.6) is 0 Å². The van der Waals surface area contributed by atoms with Gasteiger partial charge in [-0.15, -0.1) is 5.10 Å². The van der Waals surface area contributed by atoms with Crippen LogP contribution in [0.3, 0.4) is 0 Å². The van der Waals surface area contributed by atoms with Gasteiger partial charge in [0.25, 0.3) is 5.91 Å². The normalized spacial score (nSPS) is 18.8. The molecule has 8 heteroatoms. The van der Waals surface area contributed by atoms with E-state index in [1.54, 1.807) is 6.92 Å². The largest absolute Gasteiger partial charge is 0.481 e. The lowest BCUT2D eigenvalue weighted by atomic mass is 9.79. The Morgan fingerprint density at radius 1 is 0.976 bits per heavy atom. The van der Waals surface area contributed by atoms with E-state index in [0.29, 0.717) is 18.7 Å². The SMILES string of the molecule is Cc1c2cnc3c1nnn3CCCCCCCc1ccc(cc1)C(=O)N1CCc3ccc(cc3C1)[C@H]2[C@H](C)C(=O)O. The Bertz CT molecular complexity index is 1590. The summed E-state index contributed by atoms with van der Waals surface area (Å²) in [6.45, 7) is 5.66. The molecule has 8 nitrogen and oxygen atoms in total. The quantitative estimate of drug-likeness (QED) is 0.343. The van der Waals surface area contributed by atoms with Gasteiger partial charge in [0.15, 0.2) is 5.65 Å². The second-order valence-electron chi connectivity index (χ2n) is 11.6. The number of carbonyl (C=O) groups excluding carboxylic acids is 1. The van der Waals surface area contributed by atoms with Crippen molar-refractivity contribution in [2.75, 3.05) is 6.54 Å². The van der Waals surface area contributed by atoms with Crippen LogP contribution in [0.15, 0.2) is 48.7 Å². The zero-order valence-electron chi connectivity index (χ0n) is 23.8. The highest BCUT2D eigenvalue weighted by atomic mass is 16.4. The number of nitrogens with zero attached hydrogens (tertiary/aromatic N) is 5. The van der Waals surface area contributed by atoms with Crippen LogP contribution in [0.2, 0.25) is 0 Å². The number of benzene rings is 2. The van der Waals surface area contributed by atoms with Gasteiger partial charge in [-0.05, 0) is 78.1 Å². The van der Waals surface area contributed by atoms with Crippen molar-refractivity contribution in [2.24, 2.45) is 5.92 Å². The second-order valence-corrected chi connectivity index (χ2v) is 11.6. The summed E-state index contributed by atoms with van der Waals surface area (Å²) in [6.07, 6.45) is 9.17. The Balaban J connectivity index is 1.41. The van der Waals surface area contributed by atoms with Crippen LogP contribution in [0, 0.1) is 12.8 Å². The standard InChI is InChI=1S/C33H37N5O3/c1-21-28-19-34-31-30(21)35-36-38(31)16-7-5-3-4-6-8-23-9-11-25(12-10-23)32(39)37-17-15-24-13-14-26(18-27(24)20-37)29(28)22(2)33(40)41/h9-14,18-19,22,29H,3-8,15-17,20H2,1-2H3,(H,40,41)/t22-,29+/m0/s1. The molecule has 7 heterocycles. The van der Waals surface area contributed by atoms with Gasteiger partial charge in [-0.3, -0.25) is 9.59 Å². The van der Waals surface area contributed by atoms with Crippen molar-refractivity contribution in [1.82, 2.24) is 24.9 Å². The van der Waals surface area contributed by atoms with Crippen molar-refractivity contribution >= 4 is 23.0 Å². The summed E-state index contributed by atoms with van der Waals surface area (Å²) < 4.78 is 1.88. The van der Waals surface area contributed by atoms with Crippen LogP contribution in [0.25, 0.3) is 11.2 Å². The molecule has 9 bridgehead atoms.